The highest BCUT2D eigenvalue weighted by Gasteiger charge is 2.36. The zero-order valence-corrected chi connectivity index (χ0v) is 18.1. The molecule has 168 valence electrons. The number of carboxylic acid groups (broad SMARTS) is 1. The summed E-state index contributed by atoms with van der Waals surface area (Å²) in [6.45, 7) is 1.49. The van der Waals surface area contributed by atoms with E-state index < -0.39 is 30.2 Å². The normalized spacial score (nSPS) is 15.4. The second kappa shape index (κ2) is 9.61. The van der Waals surface area contributed by atoms with E-state index in [1.54, 1.807) is 19.1 Å². The summed E-state index contributed by atoms with van der Waals surface area (Å²) in [7, 11) is 0. The Morgan fingerprint density at radius 2 is 1.94 bits per heavy atom. The molecule has 2 aromatic rings. The number of anilines is 1. The third-order valence-electron chi connectivity index (χ3n) is 4.14. The number of amides is 1. The fourth-order valence-corrected chi connectivity index (χ4v) is 4.10. The summed E-state index contributed by atoms with van der Waals surface area (Å²) in [4.78, 5) is 24.9. The number of hydrogen-bond acceptors (Lipinski definition) is 6. The van der Waals surface area contributed by atoms with Crippen LogP contribution in [0.25, 0.3) is 6.08 Å². The molecule has 32 heavy (non-hydrogen) atoms. The van der Waals surface area contributed by atoms with Crippen LogP contribution in [-0.2, 0) is 15.8 Å². The first-order valence-electron chi connectivity index (χ1n) is 9.17. The Morgan fingerprint density at radius 3 is 2.59 bits per heavy atom. The first kappa shape index (κ1) is 23.6. The molecule has 1 aliphatic heterocycles. The summed E-state index contributed by atoms with van der Waals surface area (Å²) in [6.07, 6.45) is -3.03. The van der Waals surface area contributed by atoms with Gasteiger partial charge in [-0.2, -0.15) is 13.2 Å². The number of halogens is 3. The van der Waals surface area contributed by atoms with Crippen LogP contribution in [0.15, 0.2) is 47.4 Å². The van der Waals surface area contributed by atoms with E-state index in [0.717, 1.165) is 28.8 Å². The average Bonchev–Trinajstić information content (AvgIpc) is 3.00. The number of hydrogen-bond donors (Lipinski definition) is 1. The standard InChI is InChI=1S/C21H16F3NO5S2/c1-2-29-16-8-12(6-7-15(16)30-11-18(26)27)9-17-19(28)25(20(31)32-17)14-5-3-4-13(10-14)21(22,23)24/h3-10H,2,11H2,1H3,(H,26,27). The van der Waals surface area contributed by atoms with Gasteiger partial charge in [0.15, 0.2) is 22.4 Å². The molecule has 0 unspecified atom stereocenters. The summed E-state index contributed by atoms with van der Waals surface area (Å²) >= 11 is 6.18. The highest BCUT2D eigenvalue weighted by atomic mass is 32.2. The summed E-state index contributed by atoms with van der Waals surface area (Å²) in [6, 6.07) is 9.05. The maximum atomic E-state index is 13.0. The van der Waals surface area contributed by atoms with E-state index in [-0.39, 0.29) is 26.4 Å². The molecule has 11 heteroatoms. The average molecular weight is 483 g/mol. The van der Waals surface area contributed by atoms with Crippen LogP contribution in [0.4, 0.5) is 18.9 Å². The molecule has 1 fully saturated rings. The first-order chi connectivity index (χ1) is 15.1. The van der Waals surface area contributed by atoms with E-state index >= 15 is 0 Å². The molecule has 1 heterocycles. The van der Waals surface area contributed by atoms with Crippen molar-refractivity contribution in [2.75, 3.05) is 18.1 Å². The van der Waals surface area contributed by atoms with Crippen LogP contribution < -0.4 is 14.4 Å². The number of carboxylic acids is 1. The third kappa shape index (κ3) is 5.40. The van der Waals surface area contributed by atoms with E-state index in [0.29, 0.717) is 12.2 Å². The molecular weight excluding hydrogens is 467 g/mol. The quantitative estimate of drug-likeness (QED) is 0.440. The molecule has 0 spiro atoms. The predicted octanol–water partition coefficient (Wildman–Crippen LogP) is 4.97. The molecule has 1 aliphatic rings. The number of benzene rings is 2. The van der Waals surface area contributed by atoms with Gasteiger partial charge in [0.05, 0.1) is 22.8 Å². The molecule has 0 aliphatic carbocycles. The van der Waals surface area contributed by atoms with Gasteiger partial charge in [-0.25, -0.2) is 4.79 Å². The van der Waals surface area contributed by atoms with Crippen LogP contribution in [0.2, 0.25) is 0 Å². The second-order valence-corrected chi connectivity index (χ2v) is 8.06. The molecule has 0 radical (unpaired) electrons. The number of rotatable bonds is 7. The van der Waals surface area contributed by atoms with Gasteiger partial charge in [0.2, 0.25) is 0 Å². The lowest BCUT2D eigenvalue weighted by atomic mass is 10.1. The Labute approximate surface area is 190 Å². The molecule has 2 aromatic carbocycles. The topological polar surface area (TPSA) is 76.1 Å². The summed E-state index contributed by atoms with van der Waals surface area (Å²) < 4.78 is 49.9. The molecule has 3 rings (SSSR count). The van der Waals surface area contributed by atoms with Crippen molar-refractivity contribution in [1.29, 1.82) is 0 Å². The van der Waals surface area contributed by atoms with Crippen molar-refractivity contribution in [3.8, 4) is 11.5 Å². The Kier molecular flexibility index (Phi) is 7.09. The van der Waals surface area contributed by atoms with Crippen LogP contribution in [0.5, 0.6) is 11.5 Å². The van der Waals surface area contributed by atoms with E-state index in [1.165, 1.54) is 24.3 Å². The second-order valence-electron chi connectivity index (χ2n) is 6.39. The lowest BCUT2D eigenvalue weighted by Crippen LogP contribution is -2.27. The molecule has 1 N–H and O–H groups in total. The lowest BCUT2D eigenvalue weighted by molar-refractivity contribution is -0.139. The van der Waals surface area contributed by atoms with Gasteiger partial charge < -0.3 is 14.6 Å². The van der Waals surface area contributed by atoms with E-state index in [9.17, 15) is 22.8 Å². The minimum Gasteiger partial charge on any atom is -0.490 e. The molecule has 1 amide bonds. The number of aliphatic carboxylic acids is 1. The predicted molar refractivity (Wildman–Crippen MR) is 118 cm³/mol. The number of carbonyl (C=O) groups excluding carboxylic acids is 1. The van der Waals surface area contributed by atoms with Gasteiger partial charge in [-0.15, -0.1) is 0 Å². The molecule has 0 atom stereocenters. The van der Waals surface area contributed by atoms with E-state index in [4.69, 9.17) is 26.8 Å². The number of nitrogens with zero attached hydrogens (tertiary/aromatic N) is 1. The summed E-state index contributed by atoms with van der Waals surface area (Å²) in [5.41, 5.74) is -0.315. The van der Waals surface area contributed by atoms with Gasteiger partial charge in [0.1, 0.15) is 0 Å². The van der Waals surface area contributed by atoms with Crippen molar-refractivity contribution in [1.82, 2.24) is 0 Å². The molecule has 0 saturated carbocycles. The van der Waals surface area contributed by atoms with Crippen LogP contribution in [-0.4, -0.2) is 34.5 Å². The zero-order chi connectivity index (χ0) is 23.5. The van der Waals surface area contributed by atoms with Crippen molar-refractivity contribution in [2.45, 2.75) is 13.1 Å². The van der Waals surface area contributed by atoms with Crippen LogP contribution in [0, 0.1) is 0 Å². The lowest BCUT2D eigenvalue weighted by Gasteiger charge is -2.16. The molecule has 6 nitrogen and oxygen atoms in total. The number of thiocarbonyl (C=S) groups is 1. The van der Waals surface area contributed by atoms with Gasteiger partial charge in [-0.1, -0.05) is 36.1 Å². The number of thioether (sulfide) groups is 1. The highest BCUT2D eigenvalue weighted by Crippen LogP contribution is 2.39. The van der Waals surface area contributed by atoms with Crippen molar-refractivity contribution in [3.05, 3.63) is 58.5 Å². The summed E-state index contributed by atoms with van der Waals surface area (Å²) in [5.74, 6) is -1.18. The minimum absolute atomic E-state index is 0.0261. The van der Waals surface area contributed by atoms with Crippen molar-refractivity contribution in [2.24, 2.45) is 0 Å². The van der Waals surface area contributed by atoms with Crippen LogP contribution >= 0.6 is 24.0 Å². The van der Waals surface area contributed by atoms with Crippen LogP contribution in [0.3, 0.4) is 0 Å². The summed E-state index contributed by atoms with van der Waals surface area (Å²) in [5, 5.41) is 8.78. The number of carbonyl (C=O) groups is 2. The van der Waals surface area contributed by atoms with E-state index in [2.05, 4.69) is 0 Å². The maximum Gasteiger partial charge on any atom is 0.416 e. The van der Waals surface area contributed by atoms with Crippen LogP contribution in [0.1, 0.15) is 18.1 Å². The Balaban J connectivity index is 1.89. The third-order valence-corrected chi connectivity index (χ3v) is 5.44. The largest absolute Gasteiger partial charge is 0.490 e. The fourth-order valence-electron chi connectivity index (χ4n) is 2.80. The van der Waals surface area contributed by atoms with Gasteiger partial charge in [0, 0.05) is 0 Å². The minimum atomic E-state index is -4.55. The smallest absolute Gasteiger partial charge is 0.416 e. The maximum absolute atomic E-state index is 13.0. The highest BCUT2D eigenvalue weighted by molar-refractivity contribution is 8.27. The Bertz CT molecular complexity index is 1100. The first-order valence-corrected chi connectivity index (χ1v) is 10.4. The van der Waals surface area contributed by atoms with Gasteiger partial charge in [-0.3, -0.25) is 9.69 Å². The van der Waals surface area contributed by atoms with Crippen molar-refractivity contribution in [3.63, 3.8) is 0 Å². The monoisotopic (exact) mass is 483 g/mol. The Morgan fingerprint density at radius 1 is 1.19 bits per heavy atom. The molecule has 0 bridgehead atoms. The van der Waals surface area contributed by atoms with Gasteiger partial charge in [0.25, 0.3) is 5.91 Å². The molecular formula is C21H16F3NO5S2. The Hall–Kier alpha value is -3.05. The number of ether oxygens (including phenoxy) is 2. The van der Waals surface area contributed by atoms with Crippen molar-refractivity contribution >= 4 is 51.9 Å². The zero-order valence-electron chi connectivity index (χ0n) is 16.5. The van der Waals surface area contributed by atoms with Gasteiger partial charge >= 0.3 is 12.1 Å². The molecule has 1 saturated heterocycles. The van der Waals surface area contributed by atoms with Gasteiger partial charge in [-0.05, 0) is 48.9 Å². The molecule has 0 aromatic heterocycles. The fraction of sp³-hybridized carbons (Fsp3) is 0.190. The van der Waals surface area contributed by atoms with Crippen molar-refractivity contribution < 1.29 is 37.3 Å². The van der Waals surface area contributed by atoms with E-state index in [1.807, 2.05) is 0 Å². The SMILES string of the molecule is CCOc1cc(C=C2SC(=S)N(c3cccc(C(F)(F)F)c3)C2=O)ccc1OCC(=O)O. The number of alkyl halides is 3.